The van der Waals surface area contributed by atoms with Gasteiger partial charge >= 0.3 is 0 Å². The number of para-hydroxylation sites is 1. The molecule has 4 heterocycles. The summed E-state index contributed by atoms with van der Waals surface area (Å²) in [5.41, 5.74) is 2.06. The maximum atomic E-state index is 13.8. The molecule has 1 aliphatic rings. The van der Waals surface area contributed by atoms with E-state index >= 15 is 0 Å². The van der Waals surface area contributed by atoms with Crippen LogP contribution in [0, 0.1) is 0 Å². The average Bonchev–Trinajstić information content (AvgIpc) is 3.68. The highest BCUT2D eigenvalue weighted by Gasteiger charge is 2.33. The highest BCUT2D eigenvalue weighted by atomic mass is 35.5. The van der Waals surface area contributed by atoms with Gasteiger partial charge in [-0.1, -0.05) is 64.9 Å². The fourth-order valence-corrected chi connectivity index (χ4v) is 6.69. The van der Waals surface area contributed by atoms with Crippen molar-refractivity contribution < 1.29 is 9.21 Å². The van der Waals surface area contributed by atoms with Gasteiger partial charge in [0.25, 0.3) is 11.5 Å². The molecule has 6 nitrogen and oxygen atoms in total. The van der Waals surface area contributed by atoms with Crippen LogP contribution in [0.1, 0.15) is 23.6 Å². The van der Waals surface area contributed by atoms with E-state index in [9.17, 15) is 9.59 Å². The van der Waals surface area contributed by atoms with E-state index in [1.54, 1.807) is 41.8 Å². The molecule has 1 N–H and O–H groups in total. The summed E-state index contributed by atoms with van der Waals surface area (Å²) in [4.78, 5) is 33.3. The van der Waals surface area contributed by atoms with Crippen molar-refractivity contribution in [1.29, 1.82) is 0 Å². The largest absolute Gasteiger partial charge is 0.457 e. The van der Waals surface area contributed by atoms with Gasteiger partial charge in [-0.3, -0.25) is 14.2 Å². The summed E-state index contributed by atoms with van der Waals surface area (Å²) in [5.74, 6) is 0.717. The minimum absolute atomic E-state index is 0.256. The van der Waals surface area contributed by atoms with E-state index in [4.69, 9.17) is 27.6 Å². The van der Waals surface area contributed by atoms with E-state index in [-0.39, 0.29) is 11.5 Å². The predicted octanol–water partition coefficient (Wildman–Crippen LogP) is 6.50. The predicted molar refractivity (Wildman–Crippen MR) is 157 cm³/mol. The number of benzene rings is 2. The highest BCUT2D eigenvalue weighted by Crippen LogP contribution is 2.35. The summed E-state index contributed by atoms with van der Waals surface area (Å²) in [6.07, 6.45) is 1.68. The first kappa shape index (κ1) is 25.6. The Morgan fingerprint density at radius 3 is 2.64 bits per heavy atom. The van der Waals surface area contributed by atoms with Gasteiger partial charge in [-0.15, -0.1) is 11.3 Å². The fraction of sp³-hybridized carbons (Fsp3) is 0.0690. The number of halogens is 2. The molecule has 1 aliphatic heterocycles. The number of nitrogens with zero attached hydrogens (tertiary/aromatic N) is 2. The van der Waals surface area contributed by atoms with Crippen LogP contribution in [-0.4, -0.2) is 10.5 Å². The van der Waals surface area contributed by atoms with Crippen LogP contribution < -0.4 is 20.2 Å². The summed E-state index contributed by atoms with van der Waals surface area (Å²) in [5, 5.41) is 5.70. The Balaban J connectivity index is 1.43. The van der Waals surface area contributed by atoms with Gasteiger partial charge in [0.05, 0.1) is 25.8 Å². The molecule has 0 saturated carbocycles. The summed E-state index contributed by atoms with van der Waals surface area (Å²) in [6.45, 7) is 1.80. The van der Waals surface area contributed by atoms with Gasteiger partial charge in [0.2, 0.25) is 0 Å². The van der Waals surface area contributed by atoms with E-state index in [1.807, 2.05) is 53.9 Å². The van der Waals surface area contributed by atoms with Gasteiger partial charge < -0.3 is 9.73 Å². The first-order valence-corrected chi connectivity index (χ1v) is 14.3. The third-order valence-corrected chi connectivity index (χ3v) is 8.95. The van der Waals surface area contributed by atoms with Crippen molar-refractivity contribution in [3.05, 3.63) is 130 Å². The molecule has 39 heavy (non-hydrogen) atoms. The van der Waals surface area contributed by atoms with Crippen LogP contribution in [0.25, 0.3) is 17.4 Å². The van der Waals surface area contributed by atoms with Crippen LogP contribution in [0.2, 0.25) is 10.0 Å². The number of carbonyl (C=O) groups excluding carboxylic acids is 1. The standard InChI is InChI=1S/C29H19Cl2N3O3S2/c1-16-24(27(35)33-17-7-3-2-4-8-17)26(22-11-6-14-38-22)34-28(36)23(39-29(34)32-16)15-18-12-13-21(37-18)19-9-5-10-20(30)25(19)31/h2-15,26H,1H3,(H,33,35)/b23-15-. The van der Waals surface area contributed by atoms with Crippen LogP contribution in [0.5, 0.6) is 0 Å². The van der Waals surface area contributed by atoms with Crippen molar-refractivity contribution in [3.63, 3.8) is 0 Å². The number of carbonyl (C=O) groups is 1. The maximum absolute atomic E-state index is 13.8. The van der Waals surface area contributed by atoms with E-state index in [1.165, 1.54) is 22.7 Å². The number of thiophene rings is 1. The minimum atomic E-state index is -0.607. The summed E-state index contributed by atoms with van der Waals surface area (Å²) < 4.78 is 8.03. The summed E-state index contributed by atoms with van der Waals surface area (Å²) in [6, 6.07) is 21.3. The highest BCUT2D eigenvalue weighted by molar-refractivity contribution is 7.10. The third-order valence-electron chi connectivity index (χ3n) is 6.23. The molecule has 0 radical (unpaired) electrons. The molecule has 10 heteroatoms. The van der Waals surface area contributed by atoms with E-state index < -0.39 is 6.04 Å². The lowest BCUT2D eigenvalue weighted by atomic mass is 10.0. The first-order valence-electron chi connectivity index (χ1n) is 11.9. The number of allylic oxidation sites excluding steroid dienone is 1. The smallest absolute Gasteiger partial charge is 0.271 e. The van der Waals surface area contributed by atoms with Gasteiger partial charge in [0, 0.05) is 22.2 Å². The Hall–Kier alpha value is -3.69. The molecular weight excluding hydrogens is 573 g/mol. The monoisotopic (exact) mass is 591 g/mol. The molecule has 0 aliphatic carbocycles. The van der Waals surface area contributed by atoms with Crippen LogP contribution in [0.3, 0.4) is 0 Å². The number of thiazole rings is 1. The molecule has 3 aromatic heterocycles. The minimum Gasteiger partial charge on any atom is -0.457 e. The maximum Gasteiger partial charge on any atom is 0.271 e. The molecule has 0 bridgehead atoms. The van der Waals surface area contributed by atoms with Crippen LogP contribution in [0.4, 0.5) is 5.69 Å². The van der Waals surface area contributed by atoms with Gasteiger partial charge in [-0.2, -0.15) is 0 Å². The molecule has 1 atom stereocenters. The molecule has 0 saturated heterocycles. The molecule has 6 rings (SSSR count). The van der Waals surface area contributed by atoms with Crippen LogP contribution >= 0.6 is 45.9 Å². The molecular formula is C29H19Cl2N3O3S2. The fourth-order valence-electron chi connectivity index (χ4n) is 4.45. The summed E-state index contributed by atoms with van der Waals surface area (Å²) in [7, 11) is 0. The zero-order valence-electron chi connectivity index (χ0n) is 20.4. The zero-order chi connectivity index (χ0) is 27.1. The first-order chi connectivity index (χ1) is 18.9. The molecule has 5 aromatic rings. The average molecular weight is 593 g/mol. The lowest BCUT2D eigenvalue weighted by Crippen LogP contribution is -2.40. The van der Waals surface area contributed by atoms with Crippen molar-refractivity contribution in [3.8, 4) is 11.3 Å². The van der Waals surface area contributed by atoms with Crippen molar-refractivity contribution in [2.24, 2.45) is 4.99 Å². The van der Waals surface area contributed by atoms with Gasteiger partial charge in [-0.25, -0.2) is 4.99 Å². The molecule has 1 unspecified atom stereocenters. The van der Waals surface area contributed by atoms with Crippen molar-refractivity contribution >= 4 is 63.5 Å². The lowest BCUT2D eigenvalue weighted by molar-refractivity contribution is -0.113. The van der Waals surface area contributed by atoms with E-state index in [0.717, 1.165) is 4.88 Å². The van der Waals surface area contributed by atoms with Crippen molar-refractivity contribution in [1.82, 2.24) is 4.57 Å². The Morgan fingerprint density at radius 2 is 1.87 bits per heavy atom. The second kappa shape index (κ2) is 10.5. The number of aromatic nitrogens is 1. The quantitative estimate of drug-likeness (QED) is 0.253. The number of furan rings is 1. The van der Waals surface area contributed by atoms with Crippen molar-refractivity contribution in [2.75, 3.05) is 5.32 Å². The van der Waals surface area contributed by atoms with E-state index in [2.05, 4.69) is 10.3 Å². The normalized spacial score (nSPS) is 15.3. The number of hydrogen-bond acceptors (Lipinski definition) is 6. The Morgan fingerprint density at radius 1 is 1.05 bits per heavy atom. The SMILES string of the molecule is CC1=C(C(=O)Nc2ccccc2)C(c2cccs2)n2c(s/c(=C\c3ccc(-c4cccc(Cl)c4Cl)o3)c2=O)=N1. The third kappa shape index (κ3) is 4.81. The molecule has 2 aromatic carbocycles. The van der Waals surface area contributed by atoms with Crippen LogP contribution in [0.15, 0.2) is 104 Å². The number of anilines is 1. The number of rotatable bonds is 5. The number of amides is 1. The molecule has 194 valence electrons. The number of hydrogen-bond donors (Lipinski definition) is 1. The van der Waals surface area contributed by atoms with Crippen LogP contribution in [-0.2, 0) is 4.79 Å². The lowest BCUT2D eigenvalue weighted by Gasteiger charge is -2.24. The topological polar surface area (TPSA) is 76.6 Å². The zero-order valence-corrected chi connectivity index (χ0v) is 23.5. The summed E-state index contributed by atoms with van der Waals surface area (Å²) >= 11 is 15.3. The Kier molecular flexibility index (Phi) is 6.86. The van der Waals surface area contributed by atoms with Crippen molar-refractivity contribution in [2.45, 2.75) is 13.0 Å². The Labute approximate surface area is 240 Å². The van der Waals surface area contributed by atoms with Gasteiger partial charge in [-0.05, 0) is 54.8 Å². The molecule has 0 spiro atoms. The van der Waals surface area contributed by atoms with Gasteiger partial charge in [0.15, 0.2) is 4.80 Å². The second-order valence-electron chi connectivity index (χ2n) is 8.72. The molecule has 0 fully saturated rings. The molecule has 1 amide bonds. The van der Waals surface area contributed by atoms with Gasteiger partial charge in [0.1, 0.15) is 17.6 Å². The number of fused-ring (bicyclic) bond motifs is 1. The van der Waals surface area contributed by atoms with E-state index in [0.29, 0.717) is 53.4 Å². The number of nitrogens with one attached hydrogen (secondary N) is 1. The second-order valence-corrected chi connectivity index (χ2v) is 11.5. The Bertz CT molecular complexity index is 1920.